The van der Waals surface area contributed by atoms with Crippen molar-refractivity contribution in [2.45, 2.75) is 111 Å². The molecule has 0 fully saturated rings. The topological polar surface area (TPSA) is 198 Å². The van der Waals surface area contributed by atoms with Gasteiger partial charge in [-0.1, -0.05) is 108 Å². The van der Waals surface area contributed by atoms with Crippen molar-refractivity contribution in [1.82, 2.24) is 0 Å². The summed E-state index contributed by atoms with van der Waals surface area (Å²) < 4.78 is 58.9. The second-order valence-electron chi connectivity index (χ2n) is 22.0. The Labute approximate surface area is 479 Å². The number of esters is 4. The summed E-state index contributed by atoms with van der Waals surface area (Å²) in [6, 6.07) is 42.2. The molecule has 17 heteroatoms. The molecule has 0 spiro atoms. The van der Waals surface area contributed by atoms with Crippen molar-refractivity contribution in [3.63, 3.8) is 0 Å². The third-order valence-corrected chi connectivity index (χ3v) is 16.6. The van der Waals surface area contributed by atoms with Crippen LogP contribution in [-0.4, -0.2) is 77.6 Å². The van der Waals surface area contributed by atoms with Gasteiger partial charge < -0.3 is 38.6 Å². The molecule has 2 atom stereocenters. The van der Waals surface area contributed by atoms with Crippen molar-refractivity contribution >= 4 is 65.6 Å². The number of carbonyl (C=O) groups excluding carboxylic acids is 4. The molecule has 0 saturated carbocycles. The van der Waals surface area contributed by atoms with E-state index >= 15 is 0 Å². The van der Waals surface area contributed by atoms with Crippen LogP contribution in [0.25, 0.3) is 0 Å². The van der Waals surface area contributed by atoms with Crippen LogP contribution in [0, 0.1) is 10.8 Å². The van der Waals surface area contributed by atoms with Gasteiger partial charge in [-0.3, -0.25) is 19.2 Å². The average molecular weight is 1230 g/mol. The highest BCUT2D eigenvalue weighted by Crippen LogP contribution is 2.40. The molecule has 6 aromatic carbocycles. The Morgan fingerprint density at radius 1 is 0.392 bits per heavy atom. The van der Waals surface area contributed by atoms with Gasteiger partial charge in [0.25, 0.3) is 0 Å². The number of carbonyl (C=O) groups is 4. The van der Waals surface area contributed by atoms with Gasteiger partial charge >= 0.3 is 23.9 Å². The molecule has 0 amide bonds. The standard InChI is InChI=1S/C62H68Br2O14S/c1-57(2,39-61(9,63)55(69)73-37-35-65)53(67)77-49-23-15-43(16-24-49)59(5,6)41-11-19-45(20-12-41)75-47-27-31-51(32-28-47)79(71,72)52-33-29-48(30-34-52)76-46-21-13-42(14-22-46)60(7,8)44-17-25-50(26-18-44)78-54(68)58(3,4)40-62(10,64)56(70)74-38-36-66/h11-34,65-66H,35-40H2,1-10H3. The lowest BCUT2D eigenvalue weighted by Crippen LogP contribution is -2.40. The SMILES string of the molecule is CC(C)(CC(C)(Br)C(=O)OCCO)C(=O)Oc1ccc(C(C)(C)c2ccc(Oc3ccc(S(=O)(=O)c4ccc(Oc5ccc(C(C)(C)c6ccc(OC(=O)C(C)(C)CC(C)(Br)C(=O)OCCO)cc6)cc5)cc4)cc3)cc2)cc1. The number of ether oxygens (including phenoxy) is 6. The van der Waals surface area contributed by atoms with E-state index in [-0.39, 0.29) is 49.1 Å². The van der Waals surface area contributed by atoms with Crippen LogP contribution >= 0.6 is 31.9 Å². The van der Waals surface area contributed by atoms with Crippen molar-refractivity contribution in [1.29, 1.82) is 0 Å². The highest BCUT2D eigenvalue weighted by atomic mass is 79.9. The molecule has 0 saturated heterocycles. The number of alkyl halides is 2. The first kappa shape index (κ1) is 61.8. The van der Waals surface area contributed by atoms with Crippen molar-refractivity contribution in [2.24, 2.45) is 10.8 Å². The van der Waals surface area contributed by atoms with Gasteiger partial charge in [-0.2, -0.15) is 0 Å². The van der Waals surface area contributed by atoms with Gasteiger partial charge in [-0.05, 0) is 174 Å². The zero-order valence-electron chi connectivity index (χ0n) is 46.1. The van der Waals surface area contributed by atoms with Crippen LogP contribution in [0.15, 0.2) is 155 Å². The van der Waals surface area contributed by atoms with E-state index in [2.05, 4.69) is 59.6 Å². The molecule has 6 rings (SSSR count). The molecule has 420 valence electrons. The Morgan fingerprint density at radius 2 is 0.633 bits per heavy atom. The number of benzene rings is 6. The molecule has 2 unspecified atom stereocenters. The quantitative estimate of drug-likeness (QED) is 0.0330. The fourth-order valence-corrected chi connectivity index (χ4v) is 11.8. The van der Waals surface area contributed by atoms with Gasteiger partial charge in [0.05, 0.1) is 33.8 Å². The number of halogens is 2. The summed E-state index contributed by atoms with van der Waals surface area (Å²) in [6.45, 7) is 17.4. The highest BCUT2D eigenvalue weighted by Gasteiger charge is 2.44. The molecular formula is C62H68Br2O14S. The first-order valence-corrected chi connectivity index (χ1v) is 28.6. The lowest BCUT2D eigenvalue weighted by atomic mass is 9.78. The zero-order chi connectivity index (χ0) is 58.2. The number of aliphatic hydroxyl groups is 2. The molecule has 79 heavy (non-hydrogen) atoms. The predicted molar refractivity (Wildman–Crippen MR) is 307 cm³/mol. The second-order valence-corrected chi connectivity index (χ2v) is 27.5. The van der Waals surface area contributed by atoms with Gasteiger partial charge in [-0.15, -0.1) is 0 Å². The number of hydrogen-bond acceptors (Lipinski definition) is 14. The van der Waals surface area contributed by atoms with Crippen LogP contribution in [0.4, 0.5) is 0 Å². The Balaban J connectivity index is 1.00. The summed E-state index contributed by atoms with van der Waals surface area (Å²) in [5.41, 5.74) is 0.945. The van der Waals surface area contributed by atoms with Gasteiger partial charge in [-0.25, -0.2) is 8.42 Å². The van der Waals surface area contributed by atoms with Crippen LogP contribution in [0.2, 0.25) is 0 Å². The summed E-state index contributed by atoms with van der Waals surface area (Å²) in [4.78, 5) is 51.6. The first-order chi connectivity index (χ1) is 36.9. The summed E-state index contributed by atoms with van der Waals surface area (Å²) in [5, 5.41) is 18.0. The molecule has 0 aliphatic rings. The summed E-state index contributed by atoms with van der Waals surface area (Å²) in [5.74, 6) is 0.545. The molecule has 6 aromatic rings. The maximum Gasteiger partial charge on any atom is 0.322 e. The van der Waals surface area contributed by atoms with Crippen molar-refractivity contribution in [2.75, 3.05) is 26.4 Å². The van der Waals surface area contributed by atoms with E-state index in [0.29, 0.717) is 34.5 Å². The number of aliphatic hydroxyl groups excluding tert-OH is 2. The first-order valence-electron chi connectivity index (χ1n) is 25.5. The molecule has 0 aromatic heterocycles. The minimum Gasteiger partial charge on any atom is -0.462 e. The Morgan fingerprint density at radius 3 is 0.886 bits per heavy atom. The van der Waals surface area contributed by atoms with Gasteiger partial charge in [0, 0.05) is 10.8 Å². The highest BCUT2D eigenvalue weighted by molar-refractivity contribution is 9.10. The molecular weight excluding hydrogens is 1160 g/mol. The maximum atomic E-state index is 13.7. The fraction of sp³-hybridized carbons (Fsp3) is 0.355. The fourth-order valence-electron chi connectivity index (χ4n) is 8.89. The summed E-state index contributed by atoms with van der Waals surface area (Å²) in [6.07, 6.45) is 0.192. The predicted octanol–water partition coefficient (Wildman–Crippen LogP) is 12.8. The number of hydrogen-bond donors (Lipinski definition) is 2. The van der Waals surface area contributed by atoms with E-state index in [1.807, 2.05) is 72.8 Å². The number of rotatable bonds is 24. The molecule has 0 aliphatic heterocycles. The van der Waals surface area contributed by atoms with E-state index in [4.69, 9.17) is 38.6 Å². The molecule has 0 radical (unpaired) electrons. The average Bonchev–Trinajstić information content (AvgIpc) is 3.48. The van der Waals surface area contributed by atoms with Crippen LogP contribution in [0.3, 0.4) is 0 Å². The zero-order valence-corrected chi connectivity index (χ0v) is 50.0. The van der Waals surface area contributed by atoms with Crippen LogP contribution in [0.5, 0.6) is 34.5 Å². The maximum absolute atomic E-state index is 13.7. The molecule has 0 heterocycles. The van der Waals surface area contributed by atoms with Gasteiger partial charge in [0.1, 0.15) is 56.4 Å². The van der Waals surface area contributed by atoms with E-state index in [0.717, 1.165) is 22.3 Å². The van der Waals surface area contributed by atoms with Gasteiger partial charge in [0.2, 0.25) is 9.84 Å². The monoisotopic (exact) mass is 1230 g/mol. The van der Waals surface area contributed by atoms with E-state index in [1.54, 1.807) is 90.1 Å². The van der Waals surface area contributed by atoms with E-state index < -0.39 is 64.0 Å². The molecule has 0 aliphatic carbocycles. The lowest BCUT2D eigenvalue weighted by Gasteiger charge is -2.30. The molecule has 0 bridgehead atoms. The summed E-state index contributed by atoms with van der Waals surface area (Å²) >= 11 is 6.76. The third-order valence-electron chi connectivity index (χ3n) is 13.6. The van der Waals surface area contributed by atoms with Crippen molar-refractivity contribution < 1.29 is 66.2 Å². The normalized spacial score (nSPS) is 13.7. The Kier molecular flexibility index (Phi) is 19.5. The van der Waals surface area contributed by atoms with Gasteiger partial charge in [0.15, 0.2) is 0 Å². The van der Waals surface area contributed by atoms with Crippen molar-refractivity contribution in [3.05, 3.63) is 168 Å². The second kappa shape index (κ2) is 25.0. The largest absolute Gasteiger partial charge is 0.462 e. The van der Waals surface area contributed by atoms with Crippen LogP contribution in [-0.2, 0) is 49.3 Å². The third kappa shape index (κ3) is 15.5. The smallest absolute Gasteiger partial charge is 0.322 e. The van der Waals surface area contributed by atoms with E-state index in [9.17, 15) is 27.6 Å². The number of sulfone groups is 1. The Bertz CT molecular complexity index is 2970. The van der Waals surface area contributed by atoms with Crippen LogP contribution in [0.1, 0.15) is 104 Å². The molecule has 14 nitrogen and oxygen atoms in total. The Hall–Kier alpha value is -6.37. The van der Waals surface area contributed by atoms with Crippen molar-refractivity contribution in [3.8, 4) is 34.5 Å². The summed E-state index contributed by atoms with van der Waals surface area (Å²) in [7, 11) is -3.88. The minimum absolute atomic E-state index is 0.0962. The minimum atomic E-state index is -3.88. The van der Waals surface area contributed by atoms with E-state index in [1.165, 1.54) is 24.3 Å². The van der Waals surface area contributed by atoms with Crippen LogP contribution < -0.4 is 18.9 Å². The molecule has 2 N–H and O–H groups in total. The lowest BCUT2D eigenvalue weighted by molar-refractivity contribution is -0.152.